The minimum Gasteiger partial charge on any atom is -0.496 e. The number of hydrogen-bond acceptors (Lipinski definition) is 4. The Morgan fingerprint density at radius 1 is 0.277 bits per heavy atom. The first-order valence-corrected chi connectivity index (χ1v) is 47.4. The molecule has 0 radical (unpaired) electrons. The van der Waals surface area contributed by atoms with E-state index in [9.17, 15) is 5.11 Å². The highest BCUT2D eigenvalue weighted by Crippen LogP contribution is 2.57. The Bertz CT molecular complexity index is 7970. The van der Waals surface area contributed by atoms with E-state index in [2.05, 4.69) is 340 Å². The third-order valence-electron chi connectivity index (χ3n) is 27.2. The molecule has 22 aromatic rings. The van der Waals surface area contributed by atoms with Crippen molar-refractivity contribution in [3.8, 4) is 72.5 Å². The number of ether oxygens (including phenoxy) is 1. The van der Waals surface area contributed by atoms with Gasteiger partial charge in [-0.2, -0.15) is 0 Å². The SMILES string of the molecule is C.COc1cccc(CO)c1-c1ccccc1P(C1CCCCC1)C1CCCCC1.Clc1ccc2c(c1)c(-c1ccc3ccccc3c1)cc1c3ccccc3c(-c3ccc4ccccc4c3)cc21.OB(O)c1cccc2ccccc12.c1ccc2cc(-c3cc4c5ccc(-c6cccc7ccccc67)cc5c(-c5ccc6ccccc6c5)cc4c4ccccc34)ccc2c1. The van der Waals surface area contributed by atoms with E-state index in [0.717, 1.165) is 44.0 Å². The van der Waals surface area contributed by atoms with E-state index in [1.165, 1.54) is 244 Å². The van der Waals surface area contributed by atoms with Crippen LogP contribution in [0.3, 0.4) is 0 Å². The quantitative estimate of drug-likeness (QED) is 0.0648. The first kappa shape index (κ1) is 84.6. The minimum atomic E-state index is -1.40. The maximum atomic E-state index is 10.1. The fourth-order valence-corrected chi connectivity index (χ4v) is 25.1. The van der Waals surface area contributed by atoms with E-state index in [-0.39, 0.29) is 22.0 Å². The zero-order valence-corrected chi connectivity index (χ0v) is 73.9. The molecule has 4 nitrogen and oxygen atoms in total. The molecule has 2 aliphatic rings. The van der Waals surface area contributed by atoms with Crippen LogP contribution in [0, 0.1) is 0 Å². The predicted molar refractivity (Wildman–Crippen MR) is 563 cm³/mol. The summed E-state index contributed by atoms with van der Waals surface area (Å²) in [6, 6.07) is 146. The lowest BCUT2D eigenvalue weighted by atomic mass is 9.77. The molecule has 2 fully saturated rings. The van der Waals surface area contributed by atoms with Gasteiger partial charge in [0.2, 0.25) is 0 Å². The highest BCUT2D eigenvalue weighted by molar-refractivity contribution is 7.67. The van der Waals surface area contributed by atoms with Gasteiger partial charge in [-0.3, -0.25) is 0 Å². The third kappa shape index (κ3) is 16.6. The van der Waals surface area contributed by atoms with E-state index in [1.54, 1.807) is 18.5 Å². The molecule has 7 heteroatoms. The van der Waals surface area contributed by atoms with Crippen molar-refractivity contribution in [1.29, 1.82) is 0 Å². The smallest absolute Gasteiger partial charge is 0.489 e. The van der Waals surface area contributed by atoms with Crippen molar-refractivity contribution in [3.05, 3.63) is 417 Å². The Kier molecular flexibility index (Phi) is 24.5. The molecule has 24 rings (SSSR count). The molecule has 0 atom stereocenters. The van der Waals surface area contributed by atoms with Gasteiger partial charge in [0.05, 0.1) is 13.7 Å². The summed E-state index contributed by atoms with van der Waals surface area (Å²) in [5, 5.41) is 60.1. The molecule has 0 unspecified atom stereocenters. The average molecular weight is 1720 g/mol. The second-order valence-electron chi connectivity index (χ2n) is 34.8. The number of hydrogen-bond donors (Lipinski definition) is 3. The first-order chi connectivity index (χ1) is 63.6. The van der Waals surface area contributed by atoms with Crippen LogP contribution in [0.5, 0.6) is 5.75 Å². The lowest BCUT2D eigenvalue weighted by molar-refractivity contribution is 0.281. The summed E-state index contributed by atoms with van der Waals surface area (Å²) < 4.78 is 5.76. The zero-order valence-electron chi connectivity index (χ0n) is 72.3. The van der Waals surface area contributed by atoms with Gasteiger partial charge >= 0.3 is 7.12 Å². The largest absolute Gasteiger partial charge is 0.496 e. The second kappa shape index (κ2) is 37.6. The third-order valence-corrected chi connectivity index (χ3v) is 31.0. The molecule has 0 spiro atoms. The van der Waals surface area contributed by atoms with Crippen LogP contribution in [0.2, 0.25) is 5.02 Å². The van der Waals surface area contributed by atoms with Crippen LogP contribution in [-0.2, 0) is 6.61 Å². The predicted octanol–water partition coefficient (Wildman–Crippen LogP) is 32.8. The first-order valence-electron chi connectivity index (χ1n) is 45.6. The van der Waals surface area contributed by atoms with Crippen molar-refractivity contribution < 1.29 is 19.9 Å². The van der Waals surface area contributed by atoms with E-state index < -0.39 is 7.12 Å². The molecule has 0 saturated heterocycles. The number of rotatable bonds is 12. The molecule has 0 bridgehead atoms. The van der Waals surface area contributed by atoms with E-state index in [1.807, 2.05) is 60.7 Å². The number of methoxy groups -OCH3 is 1. The maximum Gasteiger partial charge on any atom is 0.489 e. The van der Waals surface area contributed by atoms with Gasteiger partial charge in [0.1, 0.15) is 5.75 Å². The summed E-state index contributed by atoms with van der Waals surface area (Å²) in [4.78, 5) is 0. The summed E-state index contributed by atoms with van der Waals surface area (Å²) in [5.41, 5.74) is 18.0. The lowest BCUT2D eigenvalue weighted by Gasteiger charge is -2.39. The Hall–Kier alpha value is -13.6. The Balaban J connectivity index is 0.000000116. The van der Waals surface area contributed by atoms with E-state index in [4.69, 9.17) is 26.4 Å². The molecule has 22 aromatic carbocycles. The number of benzene rings is 22. The lowest BCUT2D eigenvalue weighted by Crippen LogP contribution is -2.30. The van der Waals surface area contributed by atoms with Crippen molar-refractivity contribution in [2.75, 3.05) is 7.11 Å². The topological polar surface area (TPSA) is 69.9 Å². The van der Waals surface area contributed by atoms with Crippen LogP contribution in [0.4, 0.5) is 0 Å². The molecule has 0 heterocycles. The number of aliphatic hydroxyl groups excluding tert-OH is 1. The summed E-state index contributed by atoms with van der Waals surface area (Å²) in [6.45, 7) is 0.0473. The Labute approximate surface area is 767 Å². The fourth-order valence-electron chi connectivity index (χ4n) is 21.0. The van der Waals surface area contributed by atoms with Gasteiger partial charge in [-0.05, 0) is 317 Å². The van der Waals surface area contributed by atoms with Crippen LogP contribution in [0.1, 0.15) is 77.2 Å². The summed E-state index contributed by atoms with van der Waals surface area (Å²) in [7, 11) is 0.138. The number of fused-ring (bicyclic) bond motifs is 16. The van der Waals surface area contributed by atoms with Crippen LogP contribution in [0.15, 0.2) is 406 Å². The standard InChI is InChI=1S/C48H30.C38H23Cl.C26H35O2P.C10H9BO2.CH4/c1-3-13-34-26-36(22-20-31(34)10-1)44-29-48-43-25-24-38(40-19-9-15-33-12-5-6-16-39(33)40)28-46(43)45(30-47(48)42-18-8-7-17-41(42)44)37-23-21-32-11-2-4-14-35(32)27-37;39-30-17-18-33-36(21-30)35(29-16-14-25-8-2-4-10-27(25)20-29)23-37-32-12-6-5-11-31(32)34(22-38(33)37)28-15-13-24-7-1-3-9-26(24)19-28;1-28-24-17-10-11-20(19-27)26(24)23-16-8-9-18-25(23)29(21-12-4-2-5-13-21)22-14-6-3-7-15-22;12-11(13)10-7-3-5-8-4-1-2-6-9(8)10;/h1-30H;1-23H;8-11,16-18,21-22,27H,2-7,12-15,19H2,1H3;1-7,12-13H;1H4. The van der Waals surface area contributed by atoms with Gasteiger partial charge in [0.25, 0.3) is 0 Å². The highest BCUT2D eigenvalue weighted by Gasteiger charge is 2.35. The van der Waals surface area contributed by atoms with Crippen LogP contribution >= 0.6 is 19.5 Å². The highest BCUT2D eigenvalue weighted by atomic mass is 35.5. The number of halogens is 1. The van der Waals surface area contributed by atoms with Gasteiger partial charge in [-0.1, -0.05) is 399 Å². The van der Waals surface area contributed by atoms with Gasteiger partial charge in [0.15, 0.2) is 0 Å². The molecule has 2 aliphatic carbocycles. The minimum absolute atomic E-state index is 0. The Morgan fingerprint density at radius 2 is 0.615 bits per heavy atom. The van der Waals surface area contributed by atoms with Gasteiger partial charge in [-0.25, -0.2) is 0 Å². The van der Waals surface area contributed by atoms with Crippen molar-refractivity contribution in [2.45, 2.75) is 89.6 Å². The van der Waals surface area contributed by atoms with Crippen molar-refractivity contribution in [3.63, 3.8) is 0 Å². The maximum absolute atomic E-state index is 10.1. The Morgan fingerprint density at radius 3 is 1.08 bits per heavy atom. The van der Waals surface area contributed by atoms with Gasteiger partial charge < -0.3 is 19.9 Å². The molecule has 0 aromatic heterocycles. The normalized spacial score (nSPS) is 13.1. The molecule has 0 amide bonds. The monoisotopic (exact) mass is 1720 g/mol. The van der Waals surface area contributed by atoms with E-state index in [0.29, 0.717) is 5.46 Å². The van der Waals surface area contributed by atoms with Crippen LogP contribution in [-0.4, -0.2) is 40.7 Å². The van der Waals surface area contributed by atoms with E-state index >= 15 is 0 Å². The molecule has 632 valence electrons. The fraction of sp³-hybridized carbons (Fsp3) is 0.122. The summed E-state index contributed by atoms with van der Waals surface area (Å²) in [5.74, 6) is 0.881. The zero-order chi connectivity index (χ0) is 86.8. The summed E-state index contributed by atoms with van der Waals surface area (Å²) >= 11 is 6.60. The van der Waals surface area contributed by atoms with Crippen LogP contribution in [0.25, 0.3) is 196 Å². The van der Waals surface area contributed by atoms with Crippen molar-refractivity contribution >= 4 is 167 Å². The average Bonchev–Trinajstić information content (AvgIpc) is 0.727. The van der Waals surface area contributed by atoms with Gasteiger partial charge in [-0.15, -0.1) is 0 Å². The van der Waals surface area contributed by atoms with Gasteiger partial charge in [0, 0.05) is 10.6 Å². The molecular weight excluding hydrogens is 1620 g/mol. The second-order valence-corrected chi connectivity index (χ2v) is 38.0. The summed E-state index contributed by atoms with van der Waals surface area (Å²) in [6.07, 6.45) is 14.0. The van der Waals surface area contributed by atoms with Crippen LogP contribution < -0.4 is 15.5 Å². The molecule has 2 saturated carbocycles. The molecule has 0 aliphatic heterocycles. The molecular formula is C123H101BClO4P. The molecule has 3 N–H and O–H groups in total. The molecule has 130 heavy (non-hydrogen) atoms. The number of aliphatic hydroxyl groups is 1. The van der Waals surface area contributed by atoms with Crippen molar-refractivity contribution in [2.24, 2.45) is 0 Å². The van der Waals surface area contributed by atoms with Crippen molar-refractivity contribution in [1.82, 2.24) is 0 Å².